The average Bonchev–Trinajstić information content (AvgIpc) is 2.30. The Balaban J connectivity index is 2.89. The Morgan fingerprint density at radius 2 is 1.75 bits per heavy atom. The molecule has 6 heteroatoms. The SMILES string of the molecule is COC(OC)C(=O)c1ccc([N+](=O)[O-])cc1. The topological polar surface area (TPSA) is 78.7 Å². The number of methoxy groups -OCH3 is 2. The fourth-order valence-electron chi connectivity index (χ4n) is 1.19. The molecule has 0 aromatic heterocycles. The van der Waals surface area contributed by atoms with Crippen molar-refractivity contribution < 1.29 is 19.2 Å². The lowest BCUT2D eigenvalue weighted by Gasteiger charge is -2.11. The zero-order valence-electron chi connectivity index (χ0n) is 8.88. The van der Waals surface area contributed by atoms with Crippen LogP contribution in [0.2, 0.25) is 0 Å². The van der Waals surface area contributed by atoms with Crippen molar-refractivity contribution in [1.29, 1.82) is 0 Å². The summed E-state index contributed by atoms with van der Waals surface area (Å²) >= 11 is 0. The van der Waals surface area contributed by atoms with Gasteiger partial charge in [0, 0.05) is 31.9 Å². The molecule has 0 fully saturated rings. The Labute approximate surface area is 91.9 Å². The molecule has 0 bridgehead atoms. The number of non-ortho nitro benzene ring substituents is 1. The van der Waals surface area contributed by atoms with Gasteiger partial charge >= 0.3 is 0 Å². The summed E-state index contributed by atoms with van der Waals surface area (Å²) in [5.41, 5.74) is 0.238. The molecule has 0 amide bonds. The molecule has 0 saturated heterocycles. The van der Waals surface area contributed by atoms with Crippen molar-refractivity contribution in [3.63, 3.8) is 0 Å². The van der Waals surface area contributed by atoms with Gasteiger partial charge in [0.1, 0.15) is 0 Å². The highest BCUT2D eigenvalue weighted by Crippen LogP contribution is 2.14. The second-order valence-corrected chi connectivity index (χ2v) is 2.97. The number of nitro groups is 1. The van der Waals surface area contributed by atoms with Gasteiger partial charge in [-0.2, -0.15) is 0 Å². The number of nitrogens with zero attached hydrogens (tertiary/aromatic N) is 1. The van der Waals surface area contributed by atoms with Crippen LogP contribution in [0.15, 0.2) is 24.3 Å². The summed E-state index contributed by atoms with van der Waals surface area (Å²) in [6.07, 6.45) is -0.985. The molecule has 0 unspecified atom stereocenters. The molecule has 0 aliphatic heterocycles. The van der Waals surface area contributed by atoms with Gasteiger partial charge in [0.05, 0.1) is 4.92 Å². The normalized spacial score (nSPS) is 10.4. The molecular weight excluding hydrogens is 214 g/mol. The van der Waals surface area contributed by atoms with Crippen molar-refractivity contribution in [2.24, 2.45) is 0 Å². The summed E-state index contributed by atoms with van der Waals surface area (Å²) in [6.45, 7) is 0. The molecule has 16 heavy (non-hydrogen) atoms. The number of carbonyl (C=O) groups excluding carboxylic acids is 1. The van der Waals surface area contributed by atoms with Crippen LogP contribution in [0.4, 0.5) is 5.69 Å². The van der Waals surface area contributed by atoms with E-state index in [1.165, 1.54) is 38.5 Å². The van der Waals surface area contributed by atoms with Gasteiger partial charge in [-0.1, -0.05) is 0 Å². The first-order chi connectivity index (χ1) is 7.60. The maximum Gasteiger partial charge on any atom is 0.269 e. The van der Waals surface area contributed by atoms with E-state index in [1.807, 2.05) is 0 Å². The quantitative estimate of drug-likeness (QED) is 0.327. The molecular formula is C10H11NO5. The lowest BCUT2D eigenvalue weighted by Crippen LogP contribution is -2.24. The van der Waals surface area contributed by atoms with Crippen molar-refractivity contribution in [2.75, 3.05) is 14.2 Å². The fourth-order valence-corrected chi connectivity index (χ4v) is 1.19. The number of Topliss-reactive ketones (excluding diaryl/α,β-unsaturated/α-hetero) is 1. The summed E-state index contributed by atoms with van der Waals surface area (Å²) < 4.78 is 9.58. The number of hydrogen-bond acceptors (Lipinski definition) is 5. The molecule has 0 aliphatic carbocycles. The molecule has 86 valence electrons. The van der Waals surface area contributed by atoms with Gasteiger partial charge < -0.3 is 9.47 Å². The summed E-state index contributed by atoms with van der Waals surface area (Å²) in [6, 6.07) is 5.25. The predicted molar refractivity (Wildman–Crippen MR) is 55.2 cm³/mol. The van der Waals surface area contributed by atoms with Crippen LogP contribution >= 0.6 is 0 Å². The second-order valence-electron chi connectivity index (χ2n) is 2.97. The number of ether oxygens (including phenoxy) is 2. The van der Waals surface area contributed by atoms with Crippen molar-refractivity contribution >= 4 is 11.5 Å². The standard InChI is InChI=1S/C10H11NO5/c1-15-10(16-2)9(12)7-3-5-8(6-4-7)11(13)14/h3-6,10H,1-2H3. The summed E-state index contributed by atoms with van der Waals surface area (Å²) in [4.78, 5) is 21.5. The van der Waals surface area contributed by atoms with Crippen LogP contribution in [0.1, 0.15) is 10.4 Å². The van der Waals surface area contributed by atoms with Crippen LogP contribution in [0.5, 0.6) is 0 Å². The highest BCUT2D eigenvalue weighted by molar-refractivity contribution is 5.98. The molecule has 0 spiro atoms. The van der Waals surface area contributed by atoms with Gasteiger partial charge in [-0.3, -0.25) is 14.9 Å². The fraction of sp³-hybridized carbons (Fsp3) is 0.300. The lowest BCUT2D eigenvalue weighted by atomic mass is 10.1. The second kappa shape index (κ2) is 5.34. The minimum Gasteiger partial charge on any atom is -0.349 e. The van der Waals surface area contributed by atoms with Gasteiger partial charge in [-0.15, -0.1) is 0 Å². The minimum absolute atomic E-state index is 0.0667. The third kappa shape index (κ3) is 2.62. The third-order valence-corrected chi connectivity index (χ3v) is 2.00. The van der Waals surface area contributed by atoms with E-state index < -0.39 is 11.2 Å². The van der Waals surface area contributed by atoms with E-state index in [1.54, 1.807) is 0 Å². The molecule has 0 atom stereocenters. The van der Waals surface area contributed by atoms with E-state index in [2.05, 4.69) is 0 Å². The van der Waals surface area contributed by atoms with Gasteiger partial charge in [0.2, 0.25) is 12.1 Å². The molecule has 1 aromatic rings. The molecule has 6 nitrogen and oxygen atoms in total. The van der Waals surface area contributed by atoms with E-state index in [-0.39, 0.29) is 11.5 Å². The van der Waals surface area contributed by atoms with Gasteiger partial charge in [-0.25, -0.2) is 0 Å². The first kappa shape index (κ1) is 12.3. The van der Waals surface area contributed by atoms with Crippen LogP contribution in [0.25, 0.3) is 0 Å². The molecule has 0 saturated carbocycles. The highest BCUT2D eigenvalue weighted by Gasteiger charge is 2.19. The van der Waals surface area contributed by atoms with E-state index in [0.29, 0.717) is 5.56 Å². The molecule has 0 heterocycles. The monoisotopic (exact) mass is 225 g/mol. The average molecular weight is 225 g/mol. The number of benzene rings is 1. The lowest BCUT2D eigenvalue weighted by molar-refractivity contribution is -0.384. The number of hydrogen-bond donors (Lipinski definition) is 0. The van der Waals surface area contributed by atoms with Crippen molar-refractivity contribution in [1.82, 2.24) is 0 Å². The van der Waals surface area contributed by atoms with E-state index >= 15 is 0 Å². The smallest absolute Gasteiger partial charge is 0.269 e. The molecule has 0 aliphatic rings. The highest BCUT2D eigenvalue weighted by atomic mass is 16.7. The minimum atomic E-state index is -0.985. The van der Waals surface area contributed by atoms with E-state index in [0.717, 1.165) is 0 Å². The largest absolute Gasteiger partial charge is 0.349 e. The first-order valence-corrected chi connectivity index (χ1v) is 4.44. The van der Waals surface area contributed by atoms with Gasteiger partial charge in [0.15, 0.2) is 0 Å². The Morgan fingerprint density at radius 1 is 1.25 bits per heavy atom. The molecule has 0 radical (unpaired) electrons. The maximum atomic E-state index is 11.7. The summed E-state index contributed by atoms with van der Waals surface area (Å²) in [7, 11) is 2.69. The zero-order valence-corrected chi connectivity index (χ0v) is 8.88. The number of nitro benzene ring substituents is 1. The van der Waals surface area contributed by atoms with Crippen LogP contribution in [0, 0.1) is 10.1 Å². The van der Waals surface area contributed by atoms with Crippen molar-refractivity contribution in [3.05, 3.63) is 39.9 Å². The van der Waals surface area contributed by atoms with E-state index in [4.69, 9.17) is 9.47 Å². The van der Waals surface area contributed by atoms with Crippen molar-refractivity contribution in [2.45, 2.75) is 6.29 Å². The van der Waals surface area contributed by atoms with Crippen LogP contribution in [0.3, 0.4) is 0 Å². The molecule has 0 N–H and O–H groups in total. The number of carbonyl (C=O) groups is 1. The van der Waals surface area contributed by atoms with Gasteiger partial charge in [-0.05, 0) is 12.1 Å². The van der Waals surface area contributed by atoms with Crippen molar-refractivity contribution in [3.8, 4) is 0 Å². The predicted octanol–water partition coefficient (Wildman–Crippen LogP) is 1.40. The van der Waals surface area contributed by atoms with E-state index in [9.17, 15) is 14.9 Å². The Morgan fingerprint density at radius 3 is 2.12 bits per heavy atom. The number of rotatable bonds is 5. The Bertz CT molecular complexity index is 383. The van der Waals surface area contributed by atoms with Crippen LogP contribution in [-0.4, -0.2) is 31.2 Å². The zero-order chi connectivity index (χ0) is 12.1. The van der Waals surface area contributed by atoms with Gasteiger partial charge in [0.25, 0.3) is 5.69 Å². The number of ketones is 1. The Kier molecular flexibility index (Phi) is 4.10. The first-order valence-electron chi connectivity index (χ1n) is 4.44. The maximum absolute atomic E-state index is 11.7. The third-order valence-electron chi connectivity index (χ3n) is 2.00. The van der Waals surface area contributed by atoms with Crippen LogP contribution in [-0.2, 0) is 9.47 Å². The molecule has 1 rings (SSSR count). The summed E-state index contributed by atoms with van der Waals surface area (Å²) in [5, 5.41) is 10.4. The molecule has 1 aromatic carbocycles. The van der Waals surface area contributed by atoms with Crippen LogP contribution < -0.4 is 0 Å². The Hall–Kier alpha value is -1.79. The summed E-state index contributed by atoms with van der Waals surface area (Å²) in [5.74, 6) is -0.375.